The van der Waals surface area contributed by atoms with Gasteiger partial charge in [0.05, 0.1) is 5.69 Å². The zero-order valence-electron chi connectivity index (χ0n) is 16.5. The smallest absolute Gasteiger partial charge is 0.354 e. The Hall–Kier alpha value is -2.99. The molecule has 1 aliphatic rings. The number of fused-ring (bicyclic) bond motifs is 3. The van der Waals surface area contributed by atoms with Crippen LogP contribution in [0.2, 0.25) is 0 Å². The van der Waals surface area contributed by atoms with Gasteiger partial charge in [-0.25, -0.2) is 4.79 Å². The molecule has 6 nitrogen and oxygen atoms in total. The zero-order chi connectivity index (χ0) is 20.1. The van der Waals surface area contributed by atoms with Crippen LogP contribution < -0.4 is 5.32 Å². The van der Waals surface area contributed by atoms with Gasteiger partial charge in [0.2, 0.25) is 0 Å². The summed E-state index contributed by atoms with van der Waals surface area (Å²) in [6.07, 6.45) is 8.11. The number of pyridine rings is 1. The van der Waals surface area contributed by atoms with Gasteiger partial charge in [-0.3, -0.25) is 9.67 Å². The topological polar surface area (TPSA) is 80.0 Å². The van der Waals surface area contributed by atoms with Crippen molar-refractivity contribution in [1.29, 1.82) is 0 Å². The number of carboxylic acid groups (broad SMARTS) is 1. The number of hydrogen-bond donors (Lipinski definition) is 2. The van der Waals surface area contributed by atoms with Crippen molar-refractivity contribution in [1.82, 2.24) is 20.1 Å². The van der Waals surface area contributed by atoms with Crippen LogP contribution in [0.3, 0.4) is 0 Å². The molecule has 6 heteroatoms. The molecule has 0 atom stereocenters. The highest BCUT2D eigenvalue weighted by Gasteiger charge is 2.27. The van der Waals surface area contributed by atoms with Crippen LogP contribution in [-0.4, -0.2) is 38.9 Å². The second-order valence-electron chi connectivity index (χ2n) is 7.43. The summed E-state index contributed by atoms with van der Waals surface area (Å²) < 4.78 is 1.67. The predicted octanol–water partition coefficient (Wildman–Crippen LogP) is 3.35. The van der Waals surface area contributed by atoms with E-state index in [4.69, 9.17) is 0 Å². The summed E-state index contributed by atoms with van der Waals surface area (Å²) in [5.41, 5.74) is 5.52. The molecule has 3 aromatic rings. The van der Waals surface area contributed by atoms with Gasteiger partial charge in [0.1, 0.15) is 5.69 Å². The van der Waals surface area contributed by atoms with Gasteiger partial charge in [0.15, 0.2) is 0 Å². The number of hydrogen-bond acceptors (Lipinski definition) is 4. The monoisotopic (exact) mass is 390 g/mol. The zero-order valence-corrected chi connectivity index (χ0v) is 16.5. The van der Waals surface area contributed by atoms with Gasteiger partial charge in [-0.15, -0.1) is 0 Å². The van der Waals surface area contributed by atoms with Crippen molar-refractivity contribution in [2.24, 2.45) is 0 Å². The molecule has 0 spiro atoms. The highest BCUT2D eigenvalue weighted by molar-refractivity contribution is 5.90. The van der Waals surface area contributed by atoms with Crippen LogP contribution in [-0.2, 0) is 25.8 Å². The molecule has 29 heavy (non-hydrogen) atoms. The Kier molecular flexibility index (Phi) is 6.00. The number of aromatic nitrogens is 3. The Morgan fingerprint density at radius 1 is 1.10 bits per heavy atom. The normalized spacial score (nSPS) is 12.4. The average Bonchev–Trinajstić information content (AvgIpc) is 3.13. The van der Waals surface area contributed by atoms with Crippen molar-refractivity contribution < 1.29 is 9.90 Å². The number of rotatable bonds is 9. The summed E-state index contributed by atoms with van der Waals surface area (Å²) in [7, 11) is 0. The second-order valence-corrected chi connectivity index (χ2v) is 7.43. The number of nitrogens with one attached hydrogen (secondary N) is 1. The molecule has 2 aromatic heterocycles. The first kappa shape index (κ1) is 19.3. The molecule has 0 fully saturated rings. The molecule has 2 heterocycles. The highest BCUT2D eigenvalue weighted by Crippen LogP contribution is 2.34. The Morgan fingerprint density at radius 3 is 2.76 bits per heavy atom. The van der Waals surface area contributed by atoms with Crippen LogP contribution in [0.1, 0.15) is 40.0 Å². The van der Waals surface area contributed by atoms with Crippen LogP contribution in [0.25, 0.3) is 11.3 Å². The van der Waals surface area contributed by atoms with Crippen LogP contribution in [0.5, 0.6) is 0 Å². The molecule has 0 saturated heterocycles. The molecule has 1 aromatic carbocycles. The third kappa shape index (κ3) is 4.38. The van der Waals surface area contributed by atoms with Crippen LogP contribution >= 0.6 is 0 Å². The lowest BCUT2D eigenvalue weighted by atomic mass is 9.90. The first-order chi connectivity index (χ1) is 14.2. The first-order valence-electron chi connectivity index (χ1n) is 10.2. The molecule has 150 valence electrons. The fourth-order valence-corrected chi connectivity index (χ4v) is 4.01. The molecule has 2 N–H and O–H groups in total. The fourth-order valence-electron chi connectivity index (χ4n) is 4.01. The molecule has 0 unspecified atom stereocenters. The Morgan fingerprint density at radius 2 is 1.93 bits per heavy atom. The maximum absolute atomic E-state index is 11.9. The van der Waals surface area contributed by atoms with E-state index in [1.165, 1.54) is 5.56 Å². The summed E-state index contributed by atoms with van der Waals surface area (Å²) in [5.74, 6) is -0.896. The molecular weight excluding hydrogens is 364 g/mol. The maximum atomic E-state index is 11.9. The lowest BCUT2D eigenvalue weighted by molar-refractivity contribution is 0.0681. The minimum atomic E-state index is -0.896. The van der Waals surface area contributed by atoms with Crippen LogP contribution in [0.4, 0.5) is 0 Å². The van der Waals surface area contributed by atoms with Crippen molar-refractivity contribution in [2.75, 3.05) is 13.1 Å². The number of benzene rings is 1. The fraction of sp³-hybridized carbons (Fsp3) is 0.348. The van der Waals surface area contributed by atoms with Crippen LogP contribution in [0, 0.1) is 0 Å². The third-order valence-electron chi connectivity index (χ3n) is 5.44. The summed E-state index contributed by atoms with van der Waals surface area (Å²) >= 11 is 0. The van der Waals surface area contributed by atoms with Gasteiger partial charge in [-0.1, -0.05) is 30.3 Å². The minimum absolute atomic E-state index is 0.339. The van der Waals surface area contributed by atoms with E-state index in [9.17, 15) is 9.90 Å². The third-order valence-corrected chi connectivity index (χ3v) is 5.44. The van der Waals surface area contributed by atoms with Gasteiger partial charge in [-0.2, -0.15) is 5.10 Å². The van der Waals surface area contributed by atoms with Gasteiger partial charge < -0.3 is 10.4 Å². The summed E-state index contributed by atoms with van der Waals surface area (Å²) in [6, 6.07) is 12.4. The second kappa shape index (κ2) is 9.01. The molecule has 0 saturated carbocycles. The van der Waals surface area contributed by atoms with Crippen molar-refractivity contribution in [3.05, 3.63) is 71.2 Å². The van der Waals surface area contributed by atoms with E-state index in [2.05, 4.69) is 39.7 Å². The van der Waals surface area contributed by atoms with E-state index in [0.29, 0.717) is 18.7 Å². The molecule has 4 rings (SSSR count). The summed E-state index contributed by atoms with van der Waals surface area (Å²) in [5, 5.41) is 17.9. The van der Waals surface area contributed by atoms with E-state index < -0.39 is 5.97 Å². The highest BCUT2D eigenvalue weighted by atomic mass is 16.4. The Bertz CT molecular complexity index is 982. The molecular formula is C23H26N4O2. The number of carboxylic acids is 1. The molecule has 1 aliphatic carbocycles. The molecule has 0 radical (unpaired) electrons. The van der Waals surface area contributed by atoms with Gasteiger partial charge in [-0.05, 0) is 62.4 Å². The lowest BCUT2D eigenvalue weighted by Gasteiger charge is -2.14. The average molecular weight is 390 g/mol. The van der Waals surface area contributed by atoms with E-state index in [1.807, 2.05) is 18.3 Å². The van der Waals surface area contributed by atoms with Crippen molar-refractivity contribution in [2.45, 2.75) is 38.6 Å². The van der Waals surface area contributed by atoms with Crippen molar-refractivity contribution >= 4 is 5.97 Å². The number of aryl methyl sites for hydroxylation is 3. The van der Waals surface area contributed by atoms with E-state index in [1.54, 1.807) is 10.9 Å². The number of carbonyl (C=O) groups is 1. The van der Waals surface area contributed by atoms with Crippen molar-refractivity contribution in [3.8, 4) is 11.3 Å². The van der Waals surface area contributed by atoms with Crippen LogP contribution in [0.15, 0.2) is 48.8 Å². The summed E-state index contributed by atoms with van der Waals surface area (Å²) in [6.45, 7) is 2.40. The van der Waals surface area contributed by atoms with Gasteiger partial charge >= 0.3 is 5.97 Å². The Balaban J connectivity index is 1.32. The van der Waals surface area contributed by atoms with Crippen molar-refractivity contribution in [3.63, 3.8) is 0 Å². The SMILES string of the molecule is O=C(O)c1c2c(nn1CCCNCCCc1ccccc1)-c1ccncc1CC2. The quantitative estimate of drug-likeness (QED) is 0.548. The minimum Gasteiger partial charge on any atom is -0.477 e. The first-order valence-corrected chi connectivity index (χ1v) is 10.2. The number of nitrogens with zero attached hydrogens (tertiary/aromatic N) is 3. The van der Waals surface area contributed by atoms with Gasteiger partial charge in [0, 0.05) is 30.1 Å². The molecule has 0 aliphatic heterocycles. The van der Waals surface area contributed by atoms with Gasteiger partial charge in [0.25, 0.3) is 0 Å². The molecule has 0 amide bonds. The standard InChI is InChI=1S/C23H26N4O2/c28-23(29)22-20-10-9-18-16-25-14-11-19(18)21(20)26-27(22)15-5-13-24-12-4-8-17-6-2-1-3-7-17/h1-3,6-7,11,14,16,24H,4-5,8-10,12-13,15H2,(H,28,29). The largest absolute Gasteiger partial charge is 0.477 e. The maximum Gasteiger partial charge on any atom is 0.354 e. The Labute approximate surface area is 170 Å². The molecule has 0 bridgehead atoms. The van der Waals surface area contributed by atoms with E-state index in [-0.39, 0.29) is 0 Å². The lowest BCUT2D eigenvalue weighted by Crippen LogP contribution is -2.20. The van der Waals surface area contributed by atoms with E-state index in [0.717, 1.165) is 61.2 Å². The summed E-state index contributed by atoms with van der Waals surface area (Å²) in [4.78, 5) is 16.1. The predicted molar refractivity (Wildman–Crippen MR) is 112 cm³/mol. The van der Waals surface area contributed by atoms with E-state index >= 15 is 0 Å². The number of aromatic carboxylic acids is 1.